The Balaban J connectivity index is 1.59. The van der Waals surface area contributed by atoms with Gasteiger partial charge in [-0.2, -0.15) is 0 Å². The normalized spacial score (nSPS) is 17.0. The van der Waals surface area contributed by atoms with Crippen molar-refractivity contribution < 1.29 is 13.9 Å². The van der Waals surface area contributed by atoms with Crippen molar-refractivity contribution in [1.29, 1.82) is 0 Å². The zero-order valence-electron chi connectivity index (χ0n) is 16.0. The van der Waals surface area contributed by atoms with Gasteiger partial charge >= 0.3 is 0 Å². The van der Waals surface area contributed by atoms with Crippen LogP contribution in [0.1, 0.15) is 47.6 Å². The number of carbonyl (C=O) groups excluding carboxylic acids is 1. The number of fused-ring (bicyclic) bond motifs is 1. The van der Waals surface area contributed by atoms with E-state index in [-0.39, 0.29) is 11.9 Å². The standard InChI is InChI=1S/C20H23N5O3/c1-13-22-23-24-25(13)18(12-14-5-3-6-15(11-14)27-2)20(26)21-17-7-4-8-19-16(17)9-10-28-19/h3,5-6,9-11,17-18H,4,7-8,12H2,1-2H3,(H,21,26)/t17-,18+/m0/s1. The van der Waals surface area contributed by atoms with Crippen molar-refractivity contribution in [2.45, 2.75) is 44.7 Å². The Bertz CT molecular complexity index is 964. The van der Waals surface area contributed by atoms with Crippen molar-refractivity contribution in [2.75, 3.05) is 7.11 Å². The van der Waals surface area contributed by atoms with Gasteiger partial charge in [-0.1, -0.05) is 12.1 Å². The predicted octanol–water partition coefficient (Wildman–Crippen LogP) is 2.56. The highest BCUT2D eigenvalue weighted by molar-refractivity contribution is 5.81. The molecule has 0 fully saturated rings. The third-order valence-corrected chi connectivity index (χ3v) is 5.19. The summed E-state index contributed by atoms with van der Waals surface area (Å²) in [6.07, 6.45) is 4.93. The number of hydrogen-bond acceptors (Lipinski definition) is 6. The lowest BCUT2D eigenvalue weighted by atomic mass is 9.93. The first-order chi connectivity index (χ1) is 13.7. The van der Waals surface area contributed by atoms with Crippen LogP contribution in [0.2, 0.25) is 0 Å². The predicted molar refractivity (Wildman–Crippen MR) is 101 cm³/mol. The van der Waals surface area contributed by atoms with E-state index in [9.17, 15) is 4.79 Å². The maximum Gasteiger partial charge on any atom is 0.245 e. The van der Waals surface area contributed by atoms with Gasteiger partial charge in [0, 0.05) is 18.4 Å². The second kappa shape index (κ2) is 7.84. The van der Waals surface area contributed by atoms with E-state index in [1.165, 1.54) is 0 Å². The van der Waals surface area contributed by atoms with E-state index in [2.05, 4.69) is 20.8 Å². The molecule has 0 aliphatic heterocycles. The fourth-order valence-corrected chi connectivity index (χ4v) is 3.74. The topological polar surface area (TPSA) is 95.1 Å². The number of ether oxygens (including phenoxy) is 1. The van der Waals surface area contributed by atoms with Crippen LogP contribution >= 0.6 is 0 Å². The fourth-order valence-electron chi connectivity index (χ4n) is 3.74. The summed E-state index contributed by atoms with van der Waals surface area (Å²) in [5.74, 6) is 2.19. The number of aryl methyl sites for hydroxylation is 2. The first-order valence-corrected chi connectivity index (χ1v) is 9.39. The van der Waals surface area contributed by atoms with E-state index < -0.39 is 6.04 Å². The van der Waals surface area contributed by atoms with Crippen LogP contribution in [0.5, 0.6) is 5.75 Å². The lowest BCUT2D eigenvalue weighted by Gasteiger charge is -2.25. The molecule has 0 saturated heterocycles. The first kappa shape index (κ1) is 18.2. The Kier molecular flexibility index (Phi) is 5.10. The molecule has 0 radical (unpaired) electrons. The van der Waals surface area contributed by atoms with Crippen LogP contribution < -0.4 is 10.1 Å². The molecule has 1 aromatic carbocycles. The van der Waals surface area contributed by atoms with Gasteiger partial charge in [-0.3, -0.25) is 4.79 Å². The van der Waals surface area contributed by atoms with Crippen LogP contribution in [0.3, 0.4) is 0 Å². The van der Waals surface area contributed by atoms with E-state index >= 15 is 0 Å². The molecule has 0 bridgehead atoms. The van der Waals surface area contributed by atoms with Crippen molar-refractivity contribution in [1.82, 2.24) is 25.5 Å². The number of amides is 1. The Hall–Kier alpha value is -3.16. The summed E-state index contributed by atoms with van der Waals surface area (Å²) in [5, 5.41) is 14.9. The minimum atomic E-state index is -0.556. The van der Waals surface area contributed by atoms with Gasteiger partial charge in [0.25, 0.3) is 0 Å². The summed E-state index contributed by atoms with van der Waals surface area (Å²) in [6, 6.07) is 9.02. The number of carbonyl (C=O) groups is 1. The number of tetrazole rings is 1. The second-order valence-corrected chi connectivity index (χ2v) is 6.99. The monoisotopic (exact) mass is 381 g/mol. The molecule has 1 N–H and O–H groups in total. The molecule has 0 spiro atoms. The molecule has 8 heteroatoms. The summed E-state index contributed by atoms with van der Waals surface area (Å²) < 4.78 is 12.4. The largest absolute Gasteiger partial charge is 0.497 e. The third-order valence-electron chi connectivity index (χ3n) is 5.19. The molecule has 146 valence electrons. The van der Waals surface area contributed by atoms with Gasteiger partial charge in [-0.25, -0.2) is 4.68 Å². The molecule has 28 heavy (non-hydrogen) atoms. The molecule has 1 amide bonds. The quantitative estimate of drug-likeness (QED) is 0.705. The smallest absolute Gasteiger partial charge is 0.245 e. The average Bonchev–Trinajstić information content (AvgIpc) is 3.35. The van der Waals surface area contributed by atoms with E-state index in [4.69, 9.17) is 9.15 Å². The summed E-state index contributed by atoms with van der Waals surface area (Å²) in [4.78, 5) is 13.3. The highest BCUT2D eigenvalue weighted by Gasteiger charge is 2.29. The van der Waals surface area contributed by atoms with Gasteiger partial charge in [0.05, 0.1) is 19.4 Å². The van der Waals surface area contributed by atoms with Crippen molar-refractivity contribution >= 4 is 5.91 Å². The molecule has 0 unspecified atom stereocenters. The lowest BCUT2D eigenvalue weighted by Crippen LogP contribution is -2.38. The van der Waals surface area contributed by atoms with E-state index in [1.807, 2.05) is 30.3 Å². The fraction of sp³-hybridized carbons (Fsp3) is 0.400. The molecule has 3 aromatic rings. The van der Waals surface area contributed by atoms with Crippen LogP contribution in [-0.4, -0.2) is 33.2 Å². The number of hydrogen-bond donors (Lipinski definition) is 1. The Morgan fingerprint density at radius 2 is 2.32 bits per heavy atom. The molecular formula is C20H23N5O3. The SMILES string of the molecule is COc1cccc(C[C@H](C(=O)N[C@H]2CCCc3occc32)n2nnnc2C)c1. The van der Waals surface area contributed by atoms with Gasteiger partial charge < -0.3 is 14.5 Å². The van der Waals surface area contributed by atoms with Crippen molar-refractivity contribution in [3.63, 3.8) is 0 Å². The molecule has 4 rings (SSSR count). The number of rotatable bonds is 6. The third kappa shape index (κ3) is 3.62. The minimum absolute atomic E-state index is 0.0559. The zero-order valence-corrected chi connectivity index (χ0v) is 16.0. The van der Waals surface area contributed by atoms with Gasteiger partial charge in [0.2, 0.25) is 5.91 Å². The number of nitrogens with zero attached hydrogens (tertiary/aromatic N) is 4. The molecular weight excluding hydrogens is 358 g/mol. The number of aromatic nitrogens is 4. The van der Waals surface area contributed by atoms with Crippen molar-refractivity contribution in [2.24, 2.45) is 0 Å². The van der Waals surface area contributed by atoms with Crippen LogP contribution in [0.4, 0.5) is 0 Å². The number of methoxy groups -OCH3 is 1. The Morgan fingerprint density at radius 1 is 1.43 bits per heavy atom. The van der Waals surface area contributed by atoms with Gasteiger partial charge in [0.15, 0.2) is 0 Å². The Morgan fingerprint density at radius 3 is 3.11 bits per heavy atom. The molecule has 1 aliphatic carbocycles. The lowest BCUT2D eigenvalue weighted by molar-refractivity contribution is -0.125. The zero-order chi connectivity index (χ0) is 19.5. The van der Waals surface area contributed by atoms with Gasteiger partial charge in [0.1, 0.15) is 23.4 Å². The summed E-state index contributed by atoms with van der Waals surface area (Å²) in [5.41, 5.74) is 2.04. The Labute approximate surface area is 162 Å². The van der Waals surface area contributed by atoms with E-state index in [1.54, 1.807) is 25.0 Å². The van der Waals surface area contributed by atoms with Gasteiger partial charge in [-0.05, 0) is 54.0 Å². The number of benzene rings is 1. The molecule has 2 atom stereocenters. The number of furan rings is 1. The molecule has 8 nitrogen and oxygen atoms in total. The molecule has 0 saturated carbocycles. The second-order valence-electron chi connectivity index (χ2n) is 6.99. The van der Waals surface area contributed by atoms with E-state index in [0.29, 0.717) is 12.2 Å². The van der Waals surface area contributed by atoms with Crippen LogP contribution in [0.25, 0.3) is 0 Å². The maximum atomic E-state index is 13.3. The summed E-state index contributed by atoms with van der Waals surface area (Å²) in [6.45, 7) is 1.79. The first-order valence-electron chi connectivity index (χ1n) is 9.39. The van der Waals surface area contributed by atoms with Gasteiger partial charge in [-0.15, -0.1) is 5.10 Å². The highest BCUT2D eigenvalue weighted by atomic mass is 16.5. The summed E-state index contributed by atoms with van der Waals surface area (Å²) in [7, 11) is 1.63. The van der Waals surface area contributed by atoms with Crippen molar-refractivity contribution in [3.8, 4) is 5.75 Å². The number of nitrogens with one attached hydrogen (secondary N) is 1. The maximum absolute atomic E-state index is 13.3. The highest BCUT2D eigenvalue weighted by Crippen LogP contribution is 2.31. The minimum Gasteiger partial charge on any atom is -0.497 e. The van der Waals surface area contributed by atoms with Crippen LogP contribution in [0, 0.1) is 6.92 Å². The van der Waals surface area contributed by atoms with Crippen LogP contribution in [0.15, 0.2) is 41.0 Å². The van der Waals surface area contributed by atoms with Crippen molar-refractivity contribution in [3.05, 3.63) is 59.3 Å². The summed E-state index contributed by atoms with van der Waals surface area (Å²) >= 11 is 0. The molecule has 2 aromatic heterocycles. The molecule has 1 aliphatic rings. The molecule has 2 heterocycles. The van der Waals surface area contributed by atoms with Crippen LogP contribution in [-0.2, 0) is 17.6 Å². The average molecular weight is 381 g/mol. The van der Waals surface area contributed by atoms with E-state index in [0.717, 1.165) is 41.9 Å².